The Morgan fingerprint density at radius 1 is 0.588 bits per heavy atom. The van der Waals surface area contributed by atoms with E-state index in [0.717, 1.165) is 70.6 Å². The van der Waals surface area contributed by atoms with Gasteiger partial charge in [-0.05, 0) is 64.2 Å². The summed E-state index contributed by atoms with van der Waals surface area (Å²) in [5.41, 5.74) is 0. The maximum absolute atomic E-state index is 12.7. The Labute approximate surface area is 313 Å². The second-order valence-electron chi connectivity index (χ2n) is 14.9. The Morgan fingerprint density at radius 2 is 1.06 bits per heavy atom. The van der Waals surface area contributed by atoms with Gasteiger partial charge in [0.25, 0.3) is 0 Å². The monoisotopic (exact) mass is 720 g/mol. The summed E-state index contributed by atoms with van der Waals surface area (Å²) in [6.07, 6.45) is 37.4. The van der Waals surface area contributed by atoms with Crippen molar-refractivity contribution in [1.82, 2.24) is 0 Å². The van der Waals surface area contributed by atoms with Crippen molar-refractivity contribution in [2.75, 3.05) is 41.0 Å². The highest BCUT2D eigenvalue weighted by Crippen LogP contribution is 2.13. The van der Waals surface area contributed by atoms with Gasteiger partial charge in [-0.2, -0.15) is 0 Å². The molecule has 2 atom stereocenters. The lowest BCUT2D eigenvalue weighted by molar-refractivity contribution is -0.889. The SMILES string of the molecule is CCCC/C=C/CCCCCCC(=O)OCC(COCCC(C(=O)[O-])[N+](C)(C)C)OC(=O)CCCCCCCCC/C=C/C/C=C/CCCCC. The Kier molecular flexibility index (Phi) is 33.0. The lowest BCUT2D eigenvalue weighted by Gasteiger charge is -2.34. The van der Waals surface area contributed by atoms with Crippen LogP contribution in [0.2, 0.25) is 0 Å². The van der Waals surface area contributed by atoms with E-state index in [4.69, 9.17) is 14.2 Å². The molecule has 0 aliphatic rings. The van der Waals surface area contributed by atoms with E-state index in [1.807, 2.05) is 0 Å². The molecule has 2 unspecified atom stereocenters. The van der Waals surface area contributed by atoms with Gasteiger partial charge < -0.3 is 28.6 Å². The number of carbonyl (C=O) groups is 3. The van der Waals surface area contributed by atoms with Gasteiger partial charge in [-0.3, -0.25) is 9.59 Å². The third-order valence-corrected chi connectivity index (χ3v) is 9.00. The molecule has 0 aromatic carbocycles. The Morgan fingerprint density at radius 3 is 1.59 bits per heavy atom. The lowest BCUT2D eigenvalue weighted by atomic mass is 10.1. The van der Waals surface area contributed by atoms with Crippen molar-refractivity contribution in [3.63, 3.8) is 0 Å². The fourth-order valence-corrected chi connectivity index (χ4v) is 5.73. The molecule has 0 heterocycles. The third-order valence-electron chi connectivity index (χ3n) is 9.00. The van der Waals surface area contributed by atoms with Crippen LogP contribution in [0.25, 0.3) is 0 Å². The first kappa shape index (κ1) is 48.5. The largest absolute Gasteiger partial charge is 0.544 e. The van der Waals surface area contributed by atoms with Gasteiger partial charge in [-0.25, -0.2) is 0 Å². The van der Waals surface area contributed by atoms with Crippen LogP contribution in [-0.4, -0.2) is 75.5 Å². The van der Waals surface area contributed by atoms with E-state index in [1.165, 1.54) is 64.2 Å². The number of aliphatic carboxylic acids is 1. The van der Waals surface area contributed by atoms with E-state index < -0.39 is 18.1 Å². The van der Waals surface area contributed by atoms with Crippen LogP contribution in [0.1, 0.15) is 168 Å². The highest BCUT2D eigenvalue weighted by molar-refractivity contribution is 5.70. The topological polar surface area (TPSA) is 102 Å². The van der Waals surface area contributed by atoms with E-state index in [0.29, 0.717) is 12.8 Å². The standard InChI is InChI=1S/C43H77NO7/c1-6-8-10-12-14-16-18-19-20-21-22-23-24-26-28-30-32-34-42(46)51-39(37-49-36-35-40(43(47)48)44(3,4)5)38-50-41(45)33-31-29-27-25-17-15-13-11-9-7-2/h13-16,19-20,39-40H,6-12,17-18,21-38H2,1-5H3/b15-13+,16-14+,20-19+. The van der Waals surface area contributed by atoms with Crippen LogP contribution in [0.4, 0.5) is 0 Å². The molecular weight excluding hydrogens is 642 g/mol. The summed E-state index contributed by atoms with van der Waals surface area (Å²) < 4.78 is 17.1. The molecule has 0 rings (SSSR count). The Bertz CT molecular complexity index is 937. The molecular formula is C43H77NO7. The summed E-state index contributed by atoms with van der Waals surface area (Å²) in [5.74, 6) is -1.76. The number of carboxylic acids is 1. The lowest BCUT2D eigenvalue weighted by Crippen LogP contribution is -2.55. The Balaban J connectivity index is 4.38. The average Bonchev–Trinajstić information content (AvgIpc) is 3.08. The number of quaternary nitrogens is 1. The molecule has 0 aromatic rings. The van der Waals surface area contributed by atoms with Gasteiger partial charge in [0.05, 0.1) is 40.3 Å². The molecule has 0 radical (unpaired) electrons. The van der Waals surface area contributed by atoms with Gasteiger partial charge >= 0.3 is 11.9 Å². The number of carboxylic acid groups (broad SMARTS) is 1. The van der Waals surface area contributed by atoms with Crippen LogP contribution in [-0.2, 0) is 28.6 Å². The zero-order valence-electron chi connectivity index (χ0n) is 33.5. The first-order valence-electron chi connectivity index (χ1n) is 20.5. The fourth-order valence-electron chi connectivity index (χ4n) is 5.73. The molecule has 0 saturated heterocycles. The first-order chi connectivity index (χ1) is 24.6. The van der Waals surface area contributed by atoms with Crippen molar-refractivity contribution in [1.29, 1.82) is 0 Å². The van der Waals surface area contributed by atoms with E-state index >= 15 is 0 Å². The van der Waals surface area contributed by atoms with Crippen molar-refractivity contribution >= 4 is 17.9 Å². The van der Waals surface area contributed by atoms with Crippen LogP contribution >= 0.6 is 0 Å². The molecule has 8 nitrogen and oxygen atoms in total. The molecule has 0 fully saturated rings. The van der Waals surface area contributed by atoms with Crippen LogP contribution in [0.5, 0.6) is 0 Å². The van der Waals surface area contributed by atoms with Crippen LogP contribution in [0, 0.1) is 0 Å². The number of esters is 2. The minimum atomic E-state index is -1.13. The summed E-state index contributed by atoms with van der Waals surface area (Å²) in [6.45, 7) is 4.56. The first-order valence-corrected chi connectivity index (χ1v) is 20.5. The smallest absolute Gasteiger partial charge is 0.306 e. The maximum Gasteiger partial charge on any atom is 0.306 e. The number of hydrogen-bond acceptors (Lipinski definition) is 7. The predicted octanol–water partition coefficient (Wildman–Crippen LogP) is 9.35. The number of nitrogens with zero attached hydrogens (tertiary/aromatic N) is 1. The second kappa shape index (κ2) is 34.6. The number of allylic oxidation sites excluding steroid dienone is 6. The average molecular weight is 720 g/mol. The van der Waals surface area contributed by atoms with Gasteiger partial charge in [0, 0.05) is 19.3 Å². The van der Waals surface area contributed by atoms with Gasteiger partial charge in [0.15, 0.2) is 6.10 Å². The maximum atomic E-state index is 12.7. The normalized spacial score (nSPS) is 13.4. The molecule has 0 bridgehead atoms. The molecule has 0 N–H and O–H groups in total. The molecule has 296 valence electrons. The molecule has 0 spiro atoms. The van der Waals surface area contributed by atoms with Crippen molar-refractivity contribution in [3.8, 4) is 0 Å². The number of unbranched alkanes of at least 4 members (excludes halogenated alkanes) is 16. The number of ether oxygens (including phenoxy) is 3. The molecule has 8 heteroatoms. The number of rotatable bonds is 36. The van der Waals surface area contributed by atoms with Crippen LogP contribution in [0.15, 0.2) is 36.5 Å². The number of likely N-dealkylation sites (N-methyl/N-ethyl adjacent to an activating group) is 1. The Hall–Kier alpha value is -2.45. The second-order valence-corrected chi connectivity index (χ2v) is 14.9. The van der Waals surface area contributed by atoms with Gasteiger partial charge in [0.1, 0.15) is 12.6 Å². The van der Waals surface area contributed by atoms with E-state index in [1.54, 1.807) is 21.1 Å². The van der Waals surface area contributed by atoms with Crippen molar-refractivity contribution in [2.24, 2.45) is 0 Å². The van der Waals surface area contributed by atoms with E-state index in [9.17, 15) is 19.5 Å². The third kappa shape index (κ3) is 33.2. The highest BCUT2D eigenvalue weighted by Gasteiger charge is 2.25. The zero-order valence-corrected chi connectivity index (χ0v) is 33.5. The summed E-state index contributed by atoms with van der Waals surface area (Å²) >= 11 is 0. The van der Waals surface area contributed by atoms with Crippen molar-refractivity contribution in [3.05, 3.63) is 36.5 Å². The quantitative estimate of drug-likeness (QED) is 0.0275. The molecule has 0 amide bonds. The minimum absolute atomic E-state index is 0.0344. The van der Waals surface area contributed by atoms with Crippen LogP contribution in [0.3, 0.4) is 0 Å². The molecule has 0 aliphatic carbocycles. The van der Waals surface area contributed by atoms with Crippen molar-refractivity contribution in [2.45, 2.75) is 180 Å². The zero-order chi connectivity index (χ0) is 37.8. The fraction of sp³-hybridized carbons (Fsp3) is 0.791. The summed E-state index contributed by atoms with van der Waals surface area (Å²) in [7, 11) is 5.39. The summed E-state index contributed by atoms with van der Waals surface area (Å²) in [4.78, 5) is 36.7. The van der Waals surface area contributed by atoms with Gasteiger partial charge in [-0.1, -0.05) is 121 Å². The highest BCUT2D eigenvalue weighted by atomic mass is 16.6. The van der Waals surface area contributed by atoms with Gasteiger partial charge in [-0.15, -0.1) is 0 Å². The van der Waals surface area contributed by atoms with E-state index in [-0.39, 0.29) is 42.7 Å². The molecule has 0 saturated carbocycles. The predicted molar refractivity (Wildman–Crippen MR) is 208 cm³/mol. The van der Waals surface area contributed by atoms with Crippen LogP contribution < -0.4 is 5.11 Å². The number of hydrogen-bond donors (Lipinski definition) is 0. The molecule has 0 aliphatic heterocycles. The number of carbonyl (C=O) groups excluding carboxylic acids is 3. The summed E-state index contributed by atoms with van der Waals surface area (Å²) in [6, 6.07) is -0.727. The minimum Gasteiger partial charge on any atom is -0.544 e. The van der Waals surface area contributed by atoms with Crippen molar-refractivity contribution < 1.29 is 38.2 Å². The molecule has 0 aromatic heterocycles. The van der Waals surface area contributed by atoms with E-state index in [2.05, 4.69) is 50.3 Å². The molecule has 51 heavy (non-hydrogen) atoms. The van der Waals surface area contributed by atoms with Gasteiger partial charge in [0.2, 0.25) is 0 Å². The summed E-state index contributed by atoms with van der Waals surface area (Å²) in [5, 5.41) is 11.6.